The third-order valence-electron chi connectivity index (χ3n) is 3.44. The number of hydrogen-bond donors (Lipinski definition) is 1. The molecule has 1 heterocycles. The Morgan fingerprint density at radius 3 is 2.64 bits per heavy atom. The van der Waals surface area contributed by atoms with Crippen LogP contribution in [0.2, 0.25) is 0 Å². The maximum atomic E-state index is 5.64. The van der Waals surface area contributed by atoms with Crippen LogP contribution in [0.5, 0.6) is 0 Å². The van der Waals surface area contributed by atoms with Gasteiger partial charge in [-0.25, -0.2) is 0 Å². The lowest BCUT2D eigenvalue weighted by molar-refractivity contribution is 0.281. The van der Waals surface area contributed by atoms with Crippen molar-refractivity contribution in [3.8, 4) is 0 Å². The highest BCUT2D eigenvalue weighted by Gasteiger charge is 2.31. The molecule has 0 spiro atoms. The minimum Gasteiger partial charge on any atom is -0.325 e. The Bertz CT molecular complexity index is 334. The summed E-state index contributed by atoms with van der Waals surface area (Å²) in [5.41, 5.74) is 8.16. The van der Waals surface area contributed by atoms with Crippen molar-refractivity contribution in [3.63, 3.8) is 0 Å². The molecule has 14 heavy (non-hydrogen) atoms. The molecule has 2 aliphatic rings. The first kappa shape index (κ1) is 8.48. The number of aromatic nitrogens is 2. The molecule has 0 aromatic carbocycles. The van der Waals surface area contributed by atoms with Gasteiger partial charge in [-0.05, 0) is 38.2 Å². The molecule has 0 amide bonds. The molecular formula is C11H17N3. The van der Waals surface area contributed by atoms with Crippen LogP contribution in [0.25, 0.3) is 0 Å². The van der Waals surface area contributed by atoms with Crippen LogP contribution in [0.15, 0.2) is 6.07 Å². The summed E-state index contributed by atoms with van der Waals surface area (Å²) in [6.07, 6.45) is 6.69. The van der Waals surface area contributed by atoms with Gasteiger partial charge in [-0.1, -0.05) is 0 Å². The summed E-state index contributed by atoms with van der Waals surface area (Å²) in [6, 6.07) is 2.90. The minimum atomic E-state index is 0.583. The standard InChI is InChI=1S/C11H17N3/c12-7-9-6-11(8-4-5-8)14(13-9)10-2-1-3-10/h6,8,10H,1-5,7,12H2. The highest BCUT2D eigenvalue weighted by molar-refractivity contribution is 5.20. The topological polar surface area (TPSA) is 43.8 Å². The van der Waals surface area contributed by atoms with Crippen molar-refractivity contribution >= 4 is 0 Å². The van der Waals surface area contributed by atoms with Gasteiger partial charge in [-0.2, -0.15) is 5.10 Å². The number of rotatable bonds is 3. The minimum absolute atomic E-state index is 0.583. The maximum Gasteiger partial charge on any atom is 0.0763 e. The van der Waals surface area contributed by atoms with Crippen molar-refractivity contribution in [3.05, 3.63) is 17.5 Å². The number of hydrogen-bond acceptors (Lipinski definition) is 2. The van der Waals surface area contributed by atoms with Gasteiger partial charge in [-0.3, -0.25) is 4.68 Å². The first-order valence-corrected chi connectivity index (χ1v) is 5.67. The molecule has 3 heteroatoms. The molecule has 2 N–H and O–H groups in total. The summed E-state index contributed by atoms with van der Waals surface area (Å²) in [4.78, 5) is 0. The molecule has 0 unspecified atom stereocenters. The van der Waals surface area contributed by atoms with E-state index in [0.29, 0.717) is 12.6 Å². The van der Waals surface area contributed by atoms with Gasteiger partial charge < -0.3 is 5.73 Å². The normalized spacial score (nSPS) is 22.4. The van der Waals surface area contributed by atoms with Crippen LogP contribution < -0.4 is 5.73 Å². The van der Waals surface area contributed by atoms with E-state index < -0.39 is 0 Å². The Morgan fingerprint density at radius 2 is 2.14 bits per heavy atom. The largest absolute Gasteiger partial charge is 0.325 e. The molecule has 3 nitrogen and oxygen atoms in total. The van der Waals surface area contributed by atoms with Gasteiger partial charge in [0, 0.05) is 18.2 Å². The second-order valence-corrected chi connectivity index (χ2v) is 4.57. The molecule has 0 atom stereocenters. The van der Waals surface area contributed by atoms with Gasteiger partial charge >= 0.3 is 0 Å². The molecule has 76 valence electrons. The van der Waals surface area contributed by atoms with Crippen molar-refractivity contribution < 1.29 is 0 Å². The summed E-state index contributed by atoms with van der Waals surface area (Å²) in [5, 5.41) is 4.60. The molecule has 0 aliphatic heterocycles. The third kappa shape index (κ3) is 1.27. The van der Waals surface area contributed by atoms with E-state index in [1.807, 2.05) is 0 Å². The van der Waals surface area contributed by atoms with Gasteiger partial charge in [0.1, 0.15) is 0 Å². The molecule has 2 saturated carbocycles. The van der Waals surface area contributed by atoms with E-state index in [9.17, 15) is 0 Å². The van der Waals surface area contributed by atoms with E-state index in [2.05, 4.69) is 15.8 Å². The average molecular weight is 191 g/mol. The SMILES string of the molecule is NCc1cc(C2CC2)n(C2CCC2)n1. The zero-order chi connectivity index (χ0) is 9.54. The predicted molar refractivity (Wildman–Crippen MR) is 55.0 cm³/mol. The first-order chi connectivity index (χ1) is 6.88. The van der Waals surface area contributed by atoms with E-state index in [1.165, 1.54) is 37.8 Å². The van der Waals surface area contributed by atoms with Gasteiger partial charge in [-0.15, -0.1) is 0 Å². The van der Waals surface area contributed by atoms with Gasteiger partial charge in [0.05, 0.1) is 11.7 Å². The Morgan fingerprint density at radius 1 is 1.36 bits per heavy atom. The summed E-state index contributed by atoms with van der Waals surface area (Å²) in [7, 11) is 0. The fourth-order valence-corrected chi connectivity index (χ4v) is 2.17. The molecule has 1 aromatic heterocycles. The van der Waals surface area contributed by atoms with E-state index >= 15 is 0 Å². The van der Waals surface area contributed by atoms with Crippen molar-refractivity contribution in [1.29, 1.82) is 0 Å². The lowest BCUT2D eigenvalue weighted by Crippen LogP contribution is -2.20. The number of nitrogens with zero attached hydrogens (tertiary/aromatic N) is 2. The summed E-state index contributed by atoms with van der Waals surface area (Å²) >= 11 is 0. The summed E-state index contributed by atoms with van der Waals surface area (Å²) in [5.74, 6) is 0.795. The third-order valence-corrected chi connectivity index (χ3v) is 3.44. The highest BCUT2D eigenvalue weighted by atomic mass is 15.3. The van der Waals surface area contributed by atoms with Crippen LogP contribution in [0.3, 0.4) is 0 Å². The summed E-state index contributed by atoms with van der Waals surface area (Å²) in [6.45, 7) is 0.583. The maximum absolute atomic E-state index is 5.64. The van der Waals surface area contributed by atoms with Crippen LogP contribution in [0, 0.1) is 0 Å². The fraction of sp³-hybridized carbons (Fsp3) is 0.727. The van der Waals surface area contributed by atoms with E-state index in [0.717, 1.165) is 11.6 Å². The quantitative estimate of drug-likeness (QED) is 0.793. The van der Waals surface area contributed by atoms with Crippen LogP contribution in [0.4, 0.5) is 0 Å². The van der Waals surface area contributed by atoms with Crippen molar-refractivity contribution in [1.82, 2.24) is 9.78 Å². The van der Waals surface area contributed by atoms with E-state index in [1.54, 1.807) is 0 Å². The molecular weight excluding hydrogens is 174 g/mol. The van der Waals surface area contributed by atoms with E-state index in [4.69, 9.17) is 5.73 Å². The second-order valence-electron chi connectivity index (χ2n) is 4.57. The van der Waals surface area contributed by atoms with Crippen LogP contribution in [0.1, 0.15) is 55.5 Å². The van der Waals surface area contributed by atoms with Crippen LogP contribution >= 0.6 is 0 Å². The monoisotopic (exact) mass is 191 g/mol. The first-order valence-electron chi connectivity index (χ1n) is 5.67. The van der Waals surface area contributed by atoms with Crippen molar-refractivity contribution in [2.45, 2.75) is 50.6 Å². The second kappa shape index (κ2) is 3.09. The molecule has 0 bridgehead atoms. The number of nitrogens with two attached hydrogens (primary N) is 1. The molecule has 0 saturated heterocycles. The lowest BCUT2D eigenvalue weighted by Gasteiger charge is -2.27. The van der Waals surface area contributed by atoms with Gasteiger partial charge in [0.25, 0.3) is 0 Å². The lowest BCUT2D eigenvalue weighted by atomic mass is 9.93. The Labute approximate surface area is 84.3 Å². The average Bonchev–Trinajstić information content (AvgIpc) is 2.86. The Kier molecular flexibility index (Phi) is 1.87. The van der Waals surface area contributed by atoms with Crippen molar-refractivity contribution in [2.24, 2.45) is 5.73 Å². The highest BCUT2D eigenvalue weighted by Crippen LogP contribution is 2.43. The van der Waals surface area contributed by atoms with Crippen LogP contribution in [-0.4, -0.2) is 9.78 Å². The zero-order valence-corrected chi connectivity index (χ0v) is 8.45. The smallest absolute Gasteiger partial charge is 0.0763 e. The van der Waals surface area contributed by atoms with Gasteiger partial charge in [0.2, 0.25) is 0 Å². The molecule has 1 aromatic rings. The Hall–Kier alpha value is -0.830. The van der Waals surface area contributed by atoms with E-state index in [-0.39, 0.29) is 0 Å². The van der Waals surface area contributed by atoms with Crippen LogP contribution in [-0.2, 0) is 6.54 Å². The fourth-order valence-electron chi connectivity index (χ4n) is 2.17. The zero-order valence-electron chi connectivity index (χ0n) is 8.45. The Balaban J connectivity index is 1.93. The molecule has 2 aliphatic carbocycles. The predicted octanol–water partition coefficient (Wildman–Crippen LogP) is 1.94. The summed E-state index contributed by atoms with van der Waals surface area (Å²) < 4.78 is 2.27. The molecule has 0 radical (unpaired) electrons. The molecule has 3 rings (SSSR count). The van der Waals surface area contributed by atoms with Gasteiger partial charge in [0.15, 0.2) is 0 Å². The molecule has 2 fully saturated rings. The van der Waals surface area contributed by atoms with Crippen molar-refractivity contribution in [2.75, 3.05) is 0 Å².